The number of rotatable bonds is 5. The summed E-state index contributed by atoms with van der Waals surface area (Å²) >= 11 is 7.28. The molecule has 0 aliphatic carbocycles. The maximum absolute atomic E-state index is 12.5. The zero-order chi connectivity index (χ0) is 15.6. The third kappa shape index (κ3) is 2.99. The van der Waals surface area contributed by atoms with Crippen LogP contribution in [-0.4, -0.2) is 27.1 Å². The smallest absolute Gasteiger partial charge is 0.203 e. The first-order chi connectivity index (χ1) is 10.0. The van der Waals surface area contributed by atoms with Crippen molar-refractivity contribution in [1.29, 1.82) is 0 Å². The molecule has 0 saturated carbocycles. The second-order valence-electron chi connectivity index (χ2n) is 4.31. The second-order valence-corrected chi connectivity index (χ2v) is 5.96. The Morgan fingerprint density at radius 2 is 1.62 bits per heavy atom. The summed E-state index contributed by atoms with van der Waals surface area (Å²) in [5.74, 6) is 1.21. The van der Waals surface area contributed by atoms with E-state index in [-0.39, 0.29) is 5.78 Å². The minimum absolute atomic E-state index is 0.130. The normalized spacial score (nSPS) is 10.3. The molecular formula is C15H15ClO4S. The number of aryl methyl sites for hydroxylation is 1. The molecule has 0 radical (unpaired) electrons. The van der Waals surface area contributed by atoms with Gasteiger partial charge in [0.05, 0.1) is 30.5 Å². The topological polar surface area (TPSA) is 44.8 Å². The highest BCUT2D eigenvalue weighted by molar-refractivity contribution is 7.18. The van der Waals surface area contributed by atoms with Crippen LogP contribution in [0.2, 0.25) is 4.34 Å². The summed E-state index contributed by atoms with van der Waals surface area (Å²) in [5.41, 5.74) is 1.35. The van der Waals surface area contributed by atoms with Crippen molar-refractivity contribution in [3.05, 3.63) is 38.5 Å². The minimum atomic E-state index is -0.130. The molecule has 0 fully saturated rings. The molecule has 0 N–H and O–H groups in total. The minimum Gasteiger partial charge on any atom is -0.493 e. The van der Waals surface area contributed by atoms with Crippen LogP contribution in [0.4, 0.5) is 0 Å². The lowest BCUT2D eigenvalue weighted by Crippen LogP contribution is -2.02. The molecule has 0 amide bonds. The van der Waals surface area contributed by atoms with Gasteiger partial charge in [0.1, 0.15) is 0 Å². The van der Waals surface area contributed by atoms with Crippen LogP contribution >= 0.6 is 22.9 Å². The summed E-state index contributed by atoms with van der Waals surface area (Å²) in [5, 5.41) is 0. The number of carbonyl (C=O) groups excluding carboxylic acids is 1. The predicted molar refractivity (Wildman–Crippen MR) is 83.6 cm³/mol. The van der Waals surface area contributed by atoms with Gasteiger partial charge in [0.25, 0.3) is 0 Å². The fourth-order valence-corrected chi connectivity index (χ4v) is 3.09. The summed E-state index contributed by atoms with van der Waals surface area (Å²) in [6, 6.07) is 5.04. The largest absolute Gasteiger partial charge is 0.493 e. The SMILES string of the molecule is COc1cc(C(=O)c2cc(C)c(Cl)s2)cc(OC)c1OC. The van der Waals surface area contributed by atoms with Crippen LogP contribution in [0.25, 0.3) is 0 Å². The Balaban J connectivity index is 2.50. The van der Waals surface area contributed by atoms with Crippen LogP contribution in [0.15, 0.2) is 18.2 Å². The van der Waals surface area contributed by atoms with Crippen molar-refractivity contribution >= 4 is 28.7 Å². The number of benzene rings is 1. The molecule has 21 heavy (non-hydrogen) atoms. The van der Waals surface area contributed by atoms with E-state index >= 15 is 0 Å². The summed E-state index contributed by atoms with van der Waals surface area (Å²) in [4.78, 5) is 13.1. The monoisotopic (exact) mass is 326 g/mol. The van der Waals surface area contributed by atoms with Gasteiger partial charge in [-0.15, -0.1) is 11.3 Å². The molecule has 0 saturated heterocycles. The molecule has 0 spiro atoms. The predicted octanol–water partition coefficient (Wildman–Crippen LogP) is 3.97. The quantitative estimate of drug-likeness (QED) is 0.780. The first-order valence-electron chi connectivity index (χ1n) is 6.12. The van der Waals surface area contributed by atoms with Crippen molar-refractivity contribution in [3.8, 4) is 17.2 Å². The maximum atomic E-state index is 12.5. The van der Waals surface area contributed by atoms with E-state index in [9.17, 15) is 4.79 Å². The fourth-order valence-electron chi connectivity index (χ4n) is 1.93. The Kier molecular flexibility index (Phi) is 4.75. The molecule has 0 bridgehead atoms. The number of ketones is 1. The van der Waals surface area contributed by atoms with Crippen LogP contribution in [0.1, 0.15) is 20.8 Å². The van der Waals surface area contributed by atoms with E-state index in [0.29, 0.717) is 32.0 Å². The number of methoxy groups -OCH3 is 3. The van der Waals surface area contributed by atoms with Crippen molar-refractivity contribution in [1.82, 2.24) is 0 Å². The summed E-state index contributed by atoms with van der Waals surface area (Å²) in [6.45, 7) is 1.87. The van der Waals surface area contributed by atoms with Crippen LogP contribution in [0.3, 0.4) is 0 Å². The van der Waals surface area contributed by atoms with E-state index in [4.69, 9.17) is 25.8 Å². The summed E-state index contributed by atoms with van der Waals surface area (Å²) in [6.07, 6.45) is 0. The van der Waals surface area contributed by atoms with Crippen LogP contribution in [0.5, 0.6) is 17.2 Å². The number of ether oxygens (including phenoxy) is 3. The van der Waals surface area contributed by atoms with Gasteiger partial charge < -0.3 is 14.2 Å². The molecule has 1 aromatic heterocycles. The lowest BCUT2D eigenvalue weighted by molar-refractivity contribution is 0.104. The molecule has 1 aromatic carbocycles. The van der Waals surface area contributed by atoms with Crippen LogP contribution in [0, 0.1) is 6.92 Å². The van der Waals surface area contributed by atoms with Gasteiger partial charge in [0, 0.05) is 5.56 Å². The Morgan fingerprint density at radius 1 is 1.05 bits per heavy atom. The number of carbonyl (C=O) groups is 1. The van der Waals surface area contributed by atoms with Gasteiger partial charge in [-0.2, -0.15) is 0 Å². The van der Waals surface area contributed by atoms with Crippen molar-refractivity contribution in [2.24, 2.45) is 0 Å². The van der Waals surface area contributed by atoms with Gasteiger partial charge in [0.15, 0.2) is 11.5 Å². The molecule has 0 unspecified atom stereocenters. The third-order valence-corrected chi connectivity index (χ3v) is 4.56. The Bertz CT molecular complexity index is 634. The average Bonchev–Trinajstić information content (AvgIpc) is 2.84. The van der Waals surface area contributed by atoms with Crippen molar-refractivity contribution < 1.29 is 19.0 Å². The Morgan fingerprint density at radius 3 is 2.00 bits per heavy atom. The van der Waals surface area contributed by atoms with Gasteiger partial charge in [0.2, 0.25) is 11.5 Å². The fraction of sp³-hybridized carbons (Fsp3) is 0.267. The first-order valence-corrected chi connectivity index (χ1v) is 7.31. The molecule has 0 aliphatic rings. The molecule has 0 aliphatic heterocycles. The first kappa shape index (κ1) is 15.7. The van der Waals surface area contributed by atoms with Crippen LogP contribution in [-0.2, 0) is 0 Å². The molecule has 2 aromatic rings. The highest BCUT2D eigenvalue weighted by atomic mass is 35.5. The molecule has 2 rings (SSSR count). The van der Waals surface area contributed by atoms with Gasteiger partial charge in [-0.05, 0) is 30.7 Å². The maximum Gasteiger partial charge on any atom is 0.203 e. The third-order valence-electron chi connectivity index (χ3n) is 3.01. The van der Waals surface area contributed by atoms with E-state index in [1.807, 2.05) is 6.92 Å². The lowest BCUT2D eigenvalue weighted by atomic mass is 10.1. The molecule has 1 heterocycles. The Labute approximate surface area is 132 Å². The summed E-state index contributed by atoms with van der Waals surface area (Å²) in [7, 11) is 4.54. The highest BCUT2D eigenvalue weighted by Gasteiger charge is 2.19. The molecular weight excluding hydrogens is 312 g/mol. The lowest BCUT2D eigenvalue weighted by Gasteiger charge is -2.13. The van der Waals surface area contributed by atoms with Gasteiger partial charge in [-0.1, -0.05) is 11.6 Å². The zero-order valence-corrected chi connectivity index (χ0v) is 13.7. The molecule has 0 atom stereocenters. The van der Waals surface area contributed by atoms with Crippen molar-refractivity contribution in [3.63, 3.8) is 0 Å². The van der Waals surface area contributed by atoms with Crippen LogP contribution < -0.4 is 14.2 Å². The number of hydrogen-bond acceptors (Lipinski definition) is 5. The molecule has 6 heteroatoms. The van der Waals surface area contributed by atoms with Gasteiger partial charge in [-0.3, -0.25) is 4.79 Å². The van der Waals surface area contributed by atoms with Gasteiger partial charge >= 0.3 is 0 Å². The van der Waals surface area contributed by atoms with E-state index in [1.165, 1.54) is 32.7 Å². The van der Waals surface area contributed by atoms with E-state index < -0.39 is 0 Å². The van der Waals surface area contributed by atoms with E-state index in [2.05, 4.69) is 0 Å². The number of halogens is 1. The average molecular weight is 327 g/mol. The van der Waals surface area contributed by atoms with Gasteiger partial charge in [-0.25, -0.2) is 0 Å². The standard InChI is InChI=1S/C15H15ClO4S/c1-8-5-12(21-15(8)16)13(17)9-6-10(18-2)14(20-4)11(7-9)19-3/h5-7H,1-4H3. The second kappa shape index (κ2) is 6.37. The van der Waals surface area contributed by atoms with E-state index in [0.717, 1.165) is 5.56 Å². The Hall–Kier alpha value is -1.72. The van der Waals surface area contributed by atoms with Crippen molar-refractivity contribution in [2.75, 3.05) is 21.3 Å². The zero-order valence-electron chi connectivity index (χ0n) is 12.2. The van der Waals surface area contributed by atoms with Crippen molar-refractivity contribution in [2.45, 2.75) is 6.92 Å². The number of hydrogen-bond donors (Lipinski definition) is 0. The number of thiophene rings is 1. The molecule has 4 nitrogen and oxygen atoms in total. The summed E-state index contributed by atoms with van der Waals surface area (Å²) < 4.78 is 16.4. The van der Waals surface area contributed by atoms with E-state index in [1.54, 1.807) is 18.2 Å². The molecule has 112 valence electrons. The highest BCUT2D eigenvalue weighted by Crippen LogP contribution is 2.39.